The fourth-order valence-corrected chi connectivity index (χ4v) is 0.356. The zero-order chi connectivity index (χ0) is 7.98. The molecule has 0 atom stereocenters. The van der Waals surface area contributed by atoms with Gasteiger partial charge in [-0.05, 0) is 0 Å². The number of nitrogens with one attached hydrogen (secondary N) is 1. The van der Waals surface area contributed by atoms with Crippen LogP contribution in [0.4, 0.5) is 0 Å². The topological polar surface area (TPSA) is 70.0 Å². The van der Waals surface area contributed by atoms with E-state index in [0.29, 0.717) is 0 Å². The van der Waals surface area contributed by atoms with Crippen LogP contribution in [0.25, 0.3) is 0 Å². The van der Waals surface area contributed by atoms with Crippen molar-refractivity contribution in [1.82, 2.24) is 5.32 Å². The van der Waals surface area contributed by atoms with E-state index in [0.717, 1.165) is 0 Å². The molecule has 0 spiro atoms. The highest BCUT2D eigenvalue weighted by molar-refractivity contribution is 6.35. The summed E-state index contributed by atoms with van der Waals surface area (Å²) in [5, 5.41) is 10.3. The molecule has 0 aromatic rings. The summed E-state index contributed by atoms with van der Waals surface area (Å²) in [5.41, 5.74) is 0. The van der Waals surface area contributed by atoms with Gasteiger partial charge in [0.2, 0.25) is 5.78 Å². The molecule has 0 saturated carbocycles. The van der Waals surface area contributed by atoms with Gasteiger partial charge in [-0.25, -0.2) is 0 Å². The minimum atomic E-state index is -0.629. The lowest BCUT2D eigenvalue weighted by Gasteiger charge is -1.95. The summed E-state index contributed by atoms with van der Waals surface area (Å²) in [7, 11) is 0. The standard InChI is InChI=1S/C6H8N2O2/c1-5(9)6(10)8-4-2-3-7/h2,4H2,1H3,(H,8,10). The molecule has 0 unspecified atom stereocenters. The third-order valence-electron chi connectivity index (χ3n) is 0.842. The summed E-state index contributed by atoms with van der Waals surface area (Å²) < 4.78 is 0. The summed E-state index contributed by atoms with van der Waals surface area (Å²) >= 11 is 0. The number of ketones is 1. The highest BCUT2D eigenvalue weighted by atomic mass is 16.2. The number of hydrogen-bond acceptors (Lipinski definition) is 3. The van der Waals surface area contributed by atoms with Gasteiger partial charge in [0.25, 0.3) is 5.91 Å². The molecular weight excluding hydrogens is 132 g/mol. The van der Waals surface area contributed by atoms with Crippen LogP contribution in [0.1, 0.15) is 13.3 Å². The van der Waals surface area contributed by atoms with Crippen molar-refractivity contribution >= 4 is 11.7 Å². The average molecular weight is 140 g/mol. The van der Waals surface area contributed by atoms with Crippen LogP contribution in [0.3, 0.4) is 0 Å². The normalized spacial score (nSPS) is 8.00. The van der Waals surface area contributed by atoms with Gasteiger partial charge in [-0.3, -0.25) is 9.59 Å². The first-order chi connectivity index (χ1) is 4.68. The second-order valence-electron chi connectivity index (χ2n) is 1.72. The lowest BCUT2D eigenvalue weighted by Crippen LogP contribution is -2.29. The van der Waals surface area contributed by atoms with Crippen molar-refractivity contribution in [3.63, 3.8) is 0 Å². The summed E-state index contributed by atoms with van der Waals surface area (Å²) in [4.78, 5) is 20.7. The van der Waals surface area contributed by atoms with Crippen molar-refractivity contribution in [3.05, 3.63) is 0 Å². The van der Waals surface area contributed by atoms with E-state index in [1.54, 1.807) is 0 Å². The maximum Gasteiger partial charge on any atom is 0.287 e. The number of hydrogen-bond donors (Lipinski definition) is 1. The minimum Gasteiger partial charge on any atom is -0.348 e. The second kappa shape index (κ2) is 4.50. The minimum absolute atomic E-state index is 0.235. The van der Waals surface area contributed by atoms with Gasteiger partial charge in [-0.1, -0.05) is 0 Å². The molecule has 0 saturated heterocycles. The number of nitrogens with zero attached hydrogens (tertiary/aromatic N) is 1. The van der Waals surface area contributed by atoms with E-state index < -0.39 is 11.7 Å². The molecule has 0 aliphatic rings. The molecular formula is C6H8N2O2. The van der Waals surface area contributed by atoms with E-state index in [2.05, 4.69) is 5.32 Å². The van der Waals surface area contributed by atoms with Crippen LogP contribution in [0.2, 0.25) is 0 Å². The molecule has 0 heterocycles. The molecule has 10 heavy (non-hydrogen) atoms. The van der Waals surface area contributed by atoms with Gasteiger partial charge in [-0.15, -0.1) is 0 Å². The molecule has 0 aliphatic heterocycles. The van der Waals surface area contributed by atoms with Crippen molar-refractivity contribution in [2.24, 2.45) is 0 Å². The predicted molar refractivity (Wildman–Crippen MR) is 33.9 cm³/mol. The lowest BCUT2D eigenvalue weighted by molar-refractivity contribution is -0.136. The summed E-state index contributed by atoms with van der Waals surface area (Å²) in [6.45, 7) is 1.43. The van der Waals surface area contributed by atoms with E-state index in [4.69, 9.17) is 5.26 Å². The molecule has 0 rings (SSSR count). The van der Waals surface area contributed by atoms with Crippen LogP contribution in [0, 0.1) is 11.3 Å². The summed E-state index contributed by atoms with van der Waals surface area (Å²) in [5.74, 6) is -1.16. The molecule has 0 aliphatic carbocycles. The van der Waals surface area contributed by atoms with E-state index >= 15 is 0 Å². The molecule has 0 fully saturated rings. The number of carbonyl (C=O) groups is 2. The number of carbonyl (C=O) groups excluding carboxylic acids is 2. The number of Topliss-reactive ketones (excluding diaryl/α,β-unsaturated/α-hetero) is 1. The average Bonchev–Trinajstić information content (AvgIpc) is 1.88. The highest BCUT2D eigenvalue weighted by Crippen LogP contribution is 1.72. The van der Waals surface area contributed by atoms with Gasteiger partial charge in [0.15, 0.2) is 0 Å². The lowest BCUT2D eigenvalue weighted by atomic mass is 10.4. The van der Waals surface area contributed by atoms with Gasteiger partial charge in [0.1, 0.15) is 0 Å². The summed E-state index contributed by atoms with van der Waals surface area (Å²) in [6.07, 6.45) is 0.235. The Morgan fingerprint density at radius 1 is 1.60 bits per heavy atom. The first kappa shape index (κ1) is 8.63. The SMILES string of the molecule is CC(=O)C(=O)NCCC#N. The first-order valence-electron chi connectivity index (χ1n) is 2.84. The van der Waals surface area contributed by atoms with Gasteiger partial charge in [0.05, 0.1) is 12.5 Å². The molecule has 0 radical (unpaired) electrons. The van der Waals surface area contributed by atoms with Crippen LogP contribution >= 0.6 is 0 Å². The van der Waals surface area contributed by atoms with Crippen LogP contribution in [-0.2, 0) is 9.59 Å². The van der Waals surface area contributed by atoms with E-state index in [1.165, 1.54) is 6.92 Å². The van der Waals surface area contributed by atoms with Crippen LogP contribution in [0.15, 0.2) is 0 Å². The molecule has 54 valence electrons. The summed E-state index contributed by atoms with van der Waals surface area (Å²) in [6, 6.07) is 1.84. The number of amides is 1. The first-order valence-corrected chi connectivity index (χ1v) is 2.84. The van der Waals surface area contributed by atoms with Crippen LogP contribution < -0.4 is 5.32 Å². The Hall–Kier alpha value is -1.37. The van der Waals surface area contributed by atoms with Crippen LogP contribution in [-0.4, -0.2) is 18.2 Å². The van der Waals surface area contributed by atoms with Gasteiger partial charge >= 0.3 is 0 Å². The molecule has 0 bridgehead atoms. The highest BCUT2D eigenvalue weighted by Gasteiger charge is 2.03. The van der Waals surface area contributed by atoms with E-state index in [-0.39, 0.29) is 13.0 Å². The van der Waals surface area contributed by atoms with Crippen molar-refractivity contribution in [1.29, 1.82) is 5.26 Å². The molecule has 4 nitrogen and oxygen atoms in total. The fraction of sp³-hybridized carbons (Fsp3) is 0.500. The quantitative estimate of drug-likeness (QED) is 0.428. The second-order valence-corrected chi connectivity index (χ2v) is 1.72. The van der Waals surface area contributed by atoms with Crippen LogP contribution in [0.5, 0.6) is 0 Å². The maximum atomic E-state index is 10.4. The number of nitriles is 1. The monoisotopic (exact) mass is 140 g/mol. The Morgan fingerprint density at radius 2 is 2.20 bits per heavy atom. The Labute approximate surface area is 58.8 Å². The molecule has 4 heteroatoms. The van der Waals surface area contributed by atoms with E-state index in [1.807, 2.05) is 6.07 Å². The largest absolute Gasteiger partial charge is 0.348 e. The predicted octanol–water partition coefficient (Wildman–Crippen LogP) is -0.395. The third kappa shape index (κ3) is 3.61. The van der Waals surface area contributed by atoms with Gasteiger partial charge in [0, 0.05) is 13.5 Å². The van der Waals surface area contributed by atoms with Crippen molar-refractivity contribution in [3.8, 4) is 6.07 Å². The van der Waals surface area contributed by atoms with Crippen molar-refractivity contribution < 1.29 is 9.59 Å². The Morgan fingerprint density at radius 3 is 2.60 bits per heavy atom. The molecule has 0 aromatic carbocycles. The Bertz CT molecular complexity index is 181. The van der Waals surface area contributed by atoms with Crippen molar-refractivity contribution in [2.75, 3.05) is 6.54 Å². The van der Waals surface area contributed by atoms with E-state index in [9.17, 15) is 9.59 Å². The third-order valence-corrected chi connectivity index (χ3v) is 0.842. The molecule has 1 amide bonds. The molecule has 1 N–H and O–H groups in total. The zero-order valence-electron chi connectivity index (χ0n) is 5.68. The molecule has 0 aromatic heterocycles. The fourth-order valence-electron chi connectivity index (χ4n) is 0.356. The smallest absolute Gasteiger partial charge is 0.287 e. The van der Waals surface area contributed by atoms with Crippen molar-refractivity contribution in [2.45, 2.75) is 13.3 Å². The zero-order valence-corrected chi connectivity index (χ0v) is 5.68. The number of rotatable bonds is 3. The van der Waals surface area contributed by atoms with Gasteiger partial charge < -0.3 is 5.32 Å². The maximum absolute atomic E-state index is 10.4. The van der Waals surface area contributed by atoms with Gasteiger partial charge in [-0.2, -0.15) is 5.26 Å². The Kier molecular flexibility index (Phi) is 3.89. The Balaban J connectivity index is 3.43.